The van der Waals surface area contributed by atoms with Crippen molar-refractivity contribution in [3.05, 3.63) is 0 Å². The van der Waals surface area contributed by atoms with Gasteiger partial charge in [0.1, 0.15) is 0 Å². The van der Waals surface area contributed by atoms with Crippen LogP contribution < -0.4 is 0 Å². The number of rotatable bonds is 8. The number of nitrogens with zero attached hydrogens (tertiary/aromatic N) is 1. The molecule has 0 rings (SSSR count). The van der Waals surface area contributed by atoms with Crippen molar-refractivity contribution in [1.82, 2.24) is 0 Å². The second-order valence-electron chi connectivity index (χ2n) is 3.73. The van der Waals surface area contributed by atoms with Crippen molar-refractivity contribution in [2.45, 2.75) is 33.6 Å². The summed E-state index contributed by atoms with van der Waals surface area (Å²) in [4.78, 5) is 0. The summed E-state index contributed by atoms with van der Waals surface area (Å²) in [5.74, 6) is 0.317. The van der Waals surface area contributed by atoms with Gasteiger partial charge in [-0.25, -0.2) is 0 Å². The van der Waals surface area contributed by atoms with Gasteiger partial charge in [0.05, 0.1) is 26.2 Å². The standard InChI is InChI=1S/C10H23NO2S/c1-4-11(5-2,6-3)9-7-8-10-14(12)13/h4-10H2,1-3H3. The van der Waals surface area contributed by atoms with Crippen molar-refractivity contribution >= 4 is 11.1 Å². The molecule has 0 aliphatic carbocycles. The summed E-state index contributed by atoms with van der Waals surface area (Å²) in [6, 6.07) is 0. The Morgan fingerprint density at radius 2 is 1.57 bits per heavy atom. The van der Waals surface area contributed by atoms with Crippen LogP contribution in [0.3, 0.4) is 0 Å². The Morgan fingerprint density at radius 3 is 1.93 bits per heavy atom. The normalized spacial score (nSPS) is 14.3. The zero-order valence-electron chi connectivity index (χ0n) is 9.62. The first-order chi connectivity index (χ1) is 6.60. The lowest BCUT2D eigenvalue weighted by Gasteiger charge is -2.35. The first-order valence-corrected chi connectivity index (χ1v) is 6.75. The van der Waals surface area contributed by atoms with Crippen LogP contribution in [-0.2, 0) is 11.1 Å². The van der Waals surface area contributed by atoms with Gasteiger partial charge in [0.15, 0.2) is 0 Å². The third-order valence-corrected chi connectivity index (χ3v) is 3.83. The summed E-state index contributed by atoms with van der Waals surface area (Å²) in [7, 11) is 0. The highest BCUT2D eigenvalue weighted by molar-refractivity contribution is 7.79. The SMILES string of the molecule is CC[N+](CC)(CC)CCCCS(=O)[O-]. The first kappa shape index (κ1) is 14.1. The van der Waals surface area contributed by atoms with E-state index in [2.05, 4.69) is 20.8 Å². The van der Waals surface area contributed by atoms with Gasteiger partial charge in [-0.3, -0.25) is 4.21 Å². The lowest BCUT2D eigenvalue weighted by molar-refractivity contribution is -0.923. The van der Waals surface area contributed by atoms with Gasteiger partial charge in [0.25, 0.3) is 0 Å². The molecule has 0 aromatic rings. The van der Waals surface area contributed by atoms with Gasteiger partial charge in [0.2, 0.25) is 0 Å². The molecular weight excluding hydrogens is 198 g/mol. The maximum Gasteiger partial charge on any atom is 0.0786 e. The number of hydrogen-bond acceptors (Lipinski definition) is 2. The molecule has 0 N–H and O–H groups in total. The van der Waals surface area contributed by atoms with Crippen molar-refractivity contribution in [2.24, 2.45) is 0 Å². The molecular formula is C10H23NO2S. The molecule has 0 saturated carbocycles. The molecule has 0 radical (unpaired) electrons. The lowest BCUT2D eigenvalue weighted by atomic mass is 10.2. The maximum atomic E-state index is 10.3. The molecule has 0 heterocycles. The van der Waals surface area contributed by atoms with Gasteiger partial charge in [-0.2, -0.15) is 0 Å². The Kier molecular flexibility index (Phi) is 7.41. The van der Waals surface area contributed by atoms with E-state index in [1.54, 1.807) is 0 Å². The highest BCUT2D eigenvalue weighted by Gasteiger charge is 2.19. The smallest absolute Gasteiger partial charge is 0.0786 e. The molecule has 1 atom stereocenters. The minimum Gasteiger partial charge on any atom is -0.772 e. The quantitative estimate of drug-likeness (QED) is 0.354. The van der Waals surface area contributed by atoms with E-state index in [0.717, 1.165) is 43.5 Å². The van der Waals surface area contributed by atoms with E-state index in [9.17, 15) is 8.76 Å². The second kappa shape index (κ2) is 7.37. The van der Waals surface area contributed by atoms with Crippen LogP contribution in [0, 0.1) is 0 Å². The van der Waals surface area contributed by atoms with Gasteiger partial charge < -0.3 is 9.04 Å². The molecule has 0 aliphatic rings. The van der Waals surface area contributed by atoms with Crippen molar-refractivity contribution in [2.75, 3.05) is 31.9 Å². The summed E-state index contributed by atoms with van der Waals surface area (Å²) < 4.78 is 21.8. The molecule has 0 aromatic heterocycles. The van der Waals surface area contributed by atoms with Crippen LogP contribution in [0.5, 0.6) is 0 Å². The fraction of sp³-hybridized carbons (Fsp3) is 1.00. The zero-order chi connectivity index (χ0) is 11.0. The van der Waals surface area contributed by atoms with E-state index in [1.165, 1.54) is 0 Å². The number of quaternary nitrogens is 1. The monoisotopic (exact) mass is 221 g/mol. The average Bonchev–Trinajstić information content (AvgIpc) is 2.19. The van der Waals surface area contributed by atoms with E-state index in [4.69, 9.17) is 0 Å². The van der Waals surface area contributed by atoms with Gasteiger partial charge in [-0.05, 0) is 33.6 Å². The van der Waals surface area contributed by atoms with Crippen LogP contribution in [0.1, 0.15) is 33.6 Å². The van der Waals surface area contributed by atoms with Crippen LogP contribution >= 0.6 is 0 Å². The van der Waals surface area contributed by atoms with E-state index in [0.29, 0.717) is 5.75 Å². The highest BCUT2D eigenvalue weighted by Crippen LogP contribution is 2.08. The van der Waals surface area contributed by atoms with Crippen molar-refractivity contribution in [1.29, 1.82) is 0 Å². The molecule has 0 fully saturated rings. The Hall–Kier alpha value is 0.0700. The third-order valence-electron chi connectivity index (χ3n) is 3.21. The average molecular weight is 221 g/mol. The predicted molar refractivity (Wildman–Crippen MR) is 59.8 cm³/mol. The van der Waals surface area contributed by atoms with Crippen molar-refractivity contribution in [3.8, 4) is 0 Å². The largest absolute Gasteiger partial charge is 0.772 e. The molecule has 0 amide bonds. The van der Waals surface area contributed by atoms with E-state index >= 15 is 0 Å². The van der Waals surface area contributed by atoms with Gasteiger partial charge in [-0.1, -0.05) is 11.1 Å². The summed E-state index contributed by atoms with van der Waals surface area (Å²) in [5.41, 5.74) is 0. The predicted octanol–water partition coefficient (Wildman–Crippen LogP) is 1.52. The number of hydrogen-bond donors (Lipinski definition) is 0. The maximum absolute atomic E-state index is 10.3. The molecule has 3 nitrogen and oxygen atoms in total. The van der Waals surface area contributed by atoms with E-state index < -0.39 is 11.1 Å². The molecule has 0 saturated heterocycles. The molecule has 0 spiro atoms. The van der Waals surface area contributed by atoms with E-state index in [-0.39, 0.29) is 0 Å². The summed E-state index contributed by atoms with van der Waals surface area (Å²) in [6.45, 7) is 11.2. The third kappa shape index (κ3) is 5.08. The minimum atomic E-state index is -1.86. The van der Waals surface area contributed by atoms with Gasteiger partial charge in [-0.15, -0.1) is 0 Å². The summed E-state index contributed by atoms with van der Waals surface area (Å²) >= 11 is -1.86. The van der Waals surface area contributed by atoms with Crippen LogP contribution in [0.4, 0.5) is 0 Å². The highest BCUT2D eigenvalue weighted by atomic mass is 32.2. The zero-order valence-corrected chi connectivity index (χ0v) is 10.4. The Morgan fingerprint density at radius 1 is 1.07 bits per heavy atom. The topological polar surface area (TPSA) is 40.1 Å². The molecule has 0 aliphatic heterocycles. The fourth-order valence-electron chi connectivity index (χ4n) is 1.81. The minimum absolute atomic E-state index is 0.317. The lowest BCUT2D eigenvalue weighted by Crippen LogP contribution is -2.48. The summed E-state index contributed by atoms with van der Waals surface area (Å²) in [6.07, 6.45) is 1.82. The Labute approximate surface area is 90.4 Å². The van der Waals surface area contributed by atoms with Crippen LogP contribution in [0.25, 0.3) is 0 Å². The van der Waals surface area contributed by atoms with Gasteiger partial charge >= 0.3 is 0 Å². The molecule has 0 aromatic carbocycles. The van der Waals surface area contributed by atoms with E-state index in [1.807, 2.05) is 0 Å². The molecule has 86 valence electrons. The van der Waals surface area contributed by atoms with Crippen LogP contribution in [-0.4, -0.2) is 45.2 Å². The first-order valence-electron chi connectivity index (χ1n) is 5.51. The molecule has 14 heavy (non-hydrogen) atoms. The molecule has 1 unspecified atom stereocenters. The Balaban J connectivity index is 3.77. The number of unbranched alkanes of at least 4 members (excludes halogenated alkanes) is 1. The Bertz CT molecular complexity index is 161. The van der Waals surface area contributed by atoms with Crippen LogP contribution in [0.15, 0.2) is 0 Å². The molecule has 4 heteroatoms. The van der Waals surface area contributed by atoms with Crippen molar-refractivity contribution in [3.63, 3.8) is 0 Å². The summed E-state index contributed by atoms with van der Waals surface area (Å²) in [5, 5.41) is 0. The van der Waals surface area contributed by atoms with Crippen LogP contribution in [0.2, 0.25) is 0 Å². The molecule has 0 bridgehead atoms. The van der Waals surface area contributed by atoms with Crippen molar-refractivity contribution < 1.29 is 13.2 Å². The second-order valence-corrected chi connectivity index (χ2v) is 4.74. The van der Waals surface area contributed by atoms with Gasteiger partial charge in [0, 0.05) is 5.75 Å². The fourth-order valence-corrected chi connectivity index (χ4v) is 2.25.